The van der Waals surface area contributed by atoms with Crippen molar-refractivity contribution in [3.8, 4) is 0 Å². The number of hydrogen-bond donors (Lipinski definition) is 6. The Morgan fingerprint density at radius 2 is 1.37 bits per heavy atom. The summed E-state index contributed by atoms with van der Waals surface area (Å²) in [5, 5.41) is 53.4. The Hall–Kier alpha value is -1.33. The van der Waals surface area contributed by atoms with Crippen molar-refractivity contribution in [1.82, 2.24) is 5.32 Å². The van der Waals surface area contributed by atoms with Gasteiger partial charge in [0.05, 0.1) is 25.4 Å². The molecule has 9 nitrogen and oxygen atoms in total. The van der Waals surface area contributed by atoms with Crippen molar-refractivity contribution in [1.29, 1.82) is 0 Å². The van der Waals surface area contributed by atoms with Gasteiger partial charge in [-0.1, -0.05) is 95.9 Å². The number of carbonyl (C=O) groups is 1. The molecule has 0 aliphatic carbocycles. The van der Waals surface area contributed by atoms with E-state index in [1.165, 1.54) is 57.8 Å². The highest BCUT2D eigenvalue weighted by Gasteiger charge is 2.44. The molecule has 1 amide bonds. The minimum absolute atomic E-state index is 0.199. The zero-order valence-electron chi connectivity index (χ0n) is 25.5. The fraction of sp³-hybridized carbons (Fsp3) is 0.844. The summed E-state index contributed by atoms with van der Waals surface area (Å²) in [6, 6.07) is -0.811. The molecule has 9 heteroatoms. The van der Waals surface area contributed by atoms with Crippen LogP contribution < -0.4 is 5.32 Å². The summed E-state index contributed by atoms with van der Waals surface area (Å²) >= 11 is 0. The van der Waals surface area contributed by atoms with Gasteiger partial charge in [0, 0.05) is 6.42 Å². The molecule has 1 saturated heterocycles. The molecule has 7 unspecified atom stereocenters. The van der Waals surface area contributed by atoms with Gasteiger partial charge >= 0.3 is 0 Å². The number of nitrogens with one attached hydrogen (secondary N) is 1. The first-order valence-corrected chi connectivity index (χ1v) is 16.1. The van der Waals surface area contributed by atoms with Crippen LogP contribution in [0.1, 0.15) is 117 Å². The van der Waals surface area contributed by atoms with Crippen LogP contribution in [0.2, 0.25) is 0 Å². The maximum Gasteiger partial charge on any atom is 0.220 e. The Bertz CT molecular complexity index is 701. The lowest BCUT2D eigenvalue weighted by Gasteiger charge is -2.40. The molecule has 1 fully saturated rings. The lowest BCUT2D eigenvalue weighted by Crippen LogP contribution is -2.60. The average molecular weight is 586 g/mol. The van der Waals surface area contributed by atoms with E-state index >= 15 is 0 Å². The number of aliphatic hydroxyl groups is 5. The standard InChI is InChI=1S/C32H59NO8/c1-3-5-7-9-11-13-15-17-19-21-26(35)25(24-40-32-31(39)30(38)29(37)27(23-34)41-32)33-28(36)22-20-18-16-14-12-10-8-6-4-2/h14,16,19,21,25-27,29-32,34-35,37-39H,3-13,15,17-18,20,22-24H2,1-2H3,(H,33,36)/b16-14-,21-19+. The van der Waals surface area contributed by atoms with Gasteiger partial charge in [-0.15, -0.1) is 0 Å². The Balaban J connectivity index is 2.60. The smallest absolute Gasteiger partial charge is 0.220 e. The Labute approximate surface area is 248 Å². The van der Waals surface area contributed by atoms with E-state index in [9.17, 15) is 30.3 Å². The molecule has 0 bridgehead atoms. The third-order valence-corrected chi connectivity index (χ3v) is 7.52. The SMILES string of the molecule is CCCCCC/C=C\CCCC(=O)NC(COC1OC(CO)C(O)C(O)C1O)C(O)/C=C/CCCCCCCCC. The second kappa shape index (κ2) is 24.1. The van der Waals surface area contributed by atoms with Crippen molar-refractivity contribution < 1.29 is 39.8 Å². The van der Waals surface area contributed by atoms with E-state index in [1.807, 2.05) is 6.08 Å². The Morgan fingerprint density at radius 1 is 0.805 bits per heavy atom. The van der Waals surface area contributed by atoms with Crippen molar-refractivity contribution >= 4 is 5.91 Å². The van der Waals surface area contributed by atoms with E-state index < -0.39 is 49.5 Å². The van der Waals surface area contributed by atoms with Crippen molar-refractivity contribution in [2.45, 2.75) is 159 Å². The van der Waals surface area contributed by atoms with Crippen LogP contribution in [0.15, 0.2) is 24.3 Å². The van der Waals surface area contributed by atoms with Crippen molar-refractivity contribution in [2.75, 3.05) is 13.2 Å². The normalized spacial score (nSPS) is 24.7. The predicted octanol–water partition coefficient (Wildman–Crippen LogP) is 4.04. The largest absolute Gasteiger partial charge is 0.394 e. The molecule has 0 aromatic rings. The third-order valence-electron chi connectivity index (χ3n) is 7.52. The van der Waals surface area contributed by atoms with Gasteiger partial charge in [0.15, 0.2) is 6.29 Å². The summed E-state index contributed by atoms with van der Waals surface area (Å²) in [6.45, 7) is 3.63. The number of carbonyl (C=O) groups excluding carboxylic acids is 1. The van der Waals surface area contributed by atoms with Gasteiger partial charge in [-0.2, -0.15) is 0 Å². The van der Waals surface area contributed by atoms with Crippen LogP contribution in [0.5, 0.6) is 0 Å². The number of allylic oxidation sites excluding steroid dienone is 3. The van der Waals surface area contributed by atoms with E-state index in [0.717, 1.165) is 32.1 Å². The van der Waals surface area contributed by atoms with Crippen LogP contribution >= 0.6 is 0 Å². The number of rotatable bonds is 24. The molecule has 240 valence electrons. The molecule has 41 heavy (non-hydrogen) atoms. The number of ether oxygens (including phenoxy) is 2. The van der Waals surface area contributed by atoms with E-state index in [1.54, 1.807) is 6.08 Å². The van der Waals surface area contributed by atoms with E-state index in [4.69, 9.17) is 9.47 Å². The van der Waals surface area contributed by atoms with Crippen LogP contribution in [-0.2, 0) is 14.3 Å². The zero-order valence-corrected chi connectivity index (χ0v) is 25.5. The van der Waals surface area contributed by atoms with Crippen molar-refractivity contribution in [2.24, 2.45) is 0 Å². The average Bonchev–Trinajstić information content (AvgIpc) is 2.97. The monoisotopic (exact) mass is 585 g/mol. The highest BCUT2D eigenvalue weighted by atomic mass is 16.7. The van der Waals surface area contributed by atoms with Crippen LogP contribution in [0.4, 0.5) is 0 Å². The maximum atomic E-state index is 12.7. The summed E-state index contributed by atoms with van der Waals surface area (Å²) in [4.78, 5) is 12.7. The Morgan fingerprint density at radius 3 is 2.00 bits per heavy atom. The quantitative estimate of drug-likeness (QED) is 0.0734. The molecule has 0 aromatic carbocycles. The fourth-order valence-electron chi connectivity index (χ4n) is 4.80. The number of unbranched alkanes of at least 4 members (excludes halogenated alkanes) is 12. The summed E-state index contributed by atoms with van der Waals surface area (Å²) < 4.78 is 11.1. The van der Waals surface area contributed by atoms with Gasteiger partial charge in [0.1, 0.15) is 24.4 Å². The van der Waals surface area contributed by atoms with Gasteiger partial charge in [-0.3, -0.25) is 4.79 Å². The second-order valence-electron chi connectivity index (χ2n) is 11.2. The maximum absolute atomic E-state index is 12.7. The number of aliphatic hydroxyl groups excluding tert-OH is 5. The zero-order chi connectivity index (χ0) is 30.3. The van der Waals surface area contributed by atoms with Gasteiger partial charge in [-0.25, -0.2) is 0 Å². The molecule has 6 N–H and O–H groups in total. The third kappa shape index (κ3) is 16.8. The Kier molecular flexibility index (Phi) is 22.2. The first-order valence-electron chi connectivity index (χ1n) is 16.1. The van der Waals surface area contributed by atoms with Crippen molar-refractivity contribution in [3.63, 3.8) is 0 Å². The minimum Gasteiger partial charge on any atom is -0.394 e. The van der Waals surface area contributed by atoms with Crippen LogP contribution in [0.3, 0.4) is 0 Å². The summed E-state index contributed by atoms with van der Waals surface area (Å²) in [6.07, 6.45) is 16.7. The lowest BCUT2D eigenvalue weighted by atomic mass is 9.99. The van der Waals surface area contributed by atoms with E-state index in [-0.39, 0.29) is 12.5 Å². The van der Waals surface area contributed by atoms with E-state index in [2.05, 4.69) is 31.3 Å². The minimum atomic E-state index is -1.56. The summed E-state index contributed by atoms with van der Waals surface area (Å²) in [5.74, 6) is -0.219. The van der Waals surface area contributed by atoms with Gasteiger partial charge in [0.2, 0.25) is 5.91 Å². The molecule has 7 atom stereocenters. The van der Waals surface area contributed by atoms with Gasteiger partial charge < -0.3 is 40.3 Å². The molecule has 0 saturated carbocycles. The first kappa shape index (κ1) is 37.7. The van der Waals surface area contributed by atoms with Gasteiger partial charge in [0.25, 0.3) is 0 Å². The highest BCUT2D eigenvalue weighted by molar-refractivity contribution is 5.76. The first-order chi connectivity index (χ1) is 19.8. The molecular formula is C32H59NO8. The molecule has 0 spiro atoms. The topological polar surface area (TPSA) is 149 Å². The molecule has 1 aliphatic heterocycles. The van der Waals surface area contributed by atoms with Crippen LogP contribution in [-0.4, -0.2) is 87.5 Å². The molecule has 1 rings (SSSR count). The lowest BCUT2D eigenvalue weighted by molar-refractivity contribution is -0.302. The highest BCUT2D eigenvalue weighted by Crippen LogP contribution is 2.22. The van der Waals surface area contributed by atoms with Crippen molar-refractivity contribution in [3.05, 3.63) is 24.3 Å². The summed E-state index contributed by atoms with van der Waals surface area (Å²) in [7, 11) is 0. The number of amides is 1. The number of hydrogen-bond acceptors (Lipinski definition) is 8. The molecule has 0 radical (unpaired) electrons. The molecule has 1 aliphatic rings. The molecule has 1 heterocycles. The molecular weight excluding hydrogens is 526 g/mol. The van der Waals surface area contributed by atoms with E-state index in [0.29, 0.717) is 12.8 Å². The van der Waals surface area contributed by atoms with Crippen LogP contribution in [0.25, 0.3) is 0 Å². The predicted molar refractivity (Wildman–Crippen MR) is 161 cm³/mol. The summed E-state index contributed by atoms with van der Waals surface area (Å²) in [5.41, 5.74) is 0. The van der Waals surface area contributed by atoms with Gasteiger partial charge in [-0.05, 0) is 38.5 Å². The molecule has 0 aromatic heterocycles. The van der Waals surface area contributed by atoms with Crippen LogP contribution in [0, 0.1) is 0 Å². The second-order valence-corrected chi connectivity index (χ2v) is 11.2. The fourth-order valence-corrected chi connectivity index (χ4v) is 4.80.